The zero-order valence-electron chi connectivity index (χ0n) is 8.30. The normalized spacial score (nSPS) is 22.4. The van der Waals surface area contributed by atoms with Gasteiger partial charge in [-0.1, -0.05) is 0 Å². The van der Waals surface area contributed by atoms with Gasteiger partial charge in [-0.2, -0.15) is 0 Å². The number of aliphatic hydroxyl groups is 1. The van der Waals surface area contributed by atoms with E-state index >= 15 is 0 Å². The lowest BCUT2D eigenvalue weighted by atomic mass is 10.2. The van der Waals surface area contributed by atoms with E-state index in [1.807, 2.05) is 0 Å². The molecule has 0 aliphatic carbocycles. The Bertz CT molecular complexity index is 113. The van der Waals surface area contributed by atoms with E-state index in [2.05, 4.69) is 5.32 Å². The molecule has 0 bridgehead atoms. The molecule has 3 heteroatoms. The first-order chi connectivity index (χ1) is 6.43. The van der Waals surface area contributed by atoms with Crippen LogP contribution in [-0.4, -0.2) is 37.5 Å². The summed E-state index contributed by atoms with van der Waals surface area (Å²) in [5.74, 6) is 0. The number of unbranched alkanes of at least 4 members (excludes halogenated alkanes) is 2. The Hall–Kier alpha value is -0.120. The quantitative estimate of drug-likeness (QED) is 0.582. The first-order valence-electron chi connectivity index (χ1n) is 5.36. The molecule has 13 heavy (non-hydrogen) atoms. The van der Waals surface area contributed by atoms with Gasteiger partial charge in [-0.05, 0) is 38.6 Å². The number of rotatable bonds is 7. The summed E-state index contributed by atoms with van der Waals surface area (Å²) in [7, 11) is 0. The first-order valence-corrected chi connectivity index (χ1v) is 5.36. The van der Waals surface area contributed by atoms with E-state index in [0.717, 1.165) is 39.0 Å². The van der Waals surface area contributed by atoms with Gasteiger partial charge in [0.15, 0.2) is 0 Å². The summed E-state index contributed by atoms with van der Waals surface area (Å²) in [6, 6.07) is 0. The Kier molecular flexibility index (Phi) is 6.15. The molecule has 1 rings (SSSR count). The molecule has 0 spiro atoms. The predicted molar refractivity (Wildman–Crippen MR) is 52.8 cm³/mol. The van der Waals surface area contributed by atoms with Crippen molar-refractivity contribution in [2.75, 3.05) is 26.3 Å². The Balaban J connectivity index is 1.78. The fraction of sp³-hybridized carbons (Fsp3) is 1.00. The van der Waals surface area contributed by atoms with Crippen LogP contribution in [0.15, 0.2) is 0 Å². The van der Waals surface area contributed by atoms with Crippen LogP contribution < -0.4 is 5.32 Å². The van der Waals surface area contributed by atoms with Crippen molar-refractivity contribution in [1.29, 1.82) is 0 Å². The lowest BCUT2D eigenvalue weighted by Gasteiger charge is -2.10. The fourth-order valence-electron chi connectivity index (χ4n) is 1.61. The molecule has 0 saturated carbocycles. The van der Waals surface area contributed by atoms with Gasteiger partial charge in [-0.3, -0.25) is 0 Å². The lowest BCUT2D eigenvalue weighted by molar-refractivity contribution is 0.110. The average Bonchev–Trinajstić information content (AvgIpc) is 2.63. The van der Waals surface area contributed by atoms with E-state index in [-0.39, 0.29) is 0 Å². The van der Waals surface area contributed by atoms with Gasteiger partial charge >= 0.3 is 0 Å². The number of ether oxygens (including phenoxy) is 1. The molecule has 1 unspecified atom stereocenters. The van der Waals surface area contributed by atoms with Crippen molar-refractivity contribution in [3.63, 3.8) is 0 Å². The van der Waals surface area contributed by atoms with E-state index in [9.17, 15) is 0 Å². The molecule has 1 saturated heterocycles. The lowest BCUT2D eigenvalue weighted by Crippen LogP contribution is -2.26. The van der Waals surface area contributed by atoms with E-state index in [4.69, 9.17) is 9.84 Å². The van der Waals surface area contributed by atoms with Gasteiger partial charge in [0.25, 0.3) is 0 Å². The Morgan fingerprint density at radius 3 is 2.92 bits per heavy atom. The van der Waals surface area contributed by atoms with Gasteiger partial charge in [-0.15, -0.1) is 0 Å². The van der Waals surface area contributed by atoms with Gasteiger partial charge in [0.1, 0.15) is 0 Å². The van der Waals surface area contributed by atoms with Crippen LogP contribution in [0.25, 0.3) is 0 Å². The molecule has 1 atom stereocenters. The van der Waals surface area contributed by atoms with Crippen molar-refractivity contribution in [1.82, 2.24) is 5.32 Å². The van der Waals surface area contributed by atoms with E-state index < -0.39 is 0 Å². The zero-order chi connectivity index (χ0) is 9.36. The molecule has 0 aromatic heterocycles. The average molecular weight is 187 g/mol. The second-order valence-electron chi connectivity index (χ2n) is 3.62. The predicted octanol–water partition coefficient (Wildman–Crippen LogP) is 0.918. The van der Waals surface area contributed by atoms with Crippen LogP contribution in [0.2, 0.25) is 0 Å². The number of hydrogen-bond acceptors (Lipinski definition) is 3. The molecular weight excluding hydrogens is 166 g/mol. The van der Waals surface area contributed by atoms with Crippen LogP contribution in [0.5, 0.6) is 0 Å². The van der Waals surface area contributed by atoms with E-state index in [0.29, 0.717) is 12.7 Å². The summed E-state index contributed by atoms with van der Waals surface area (Å²) >= 11 is 0. The maximum Gasteiger partial charge on any atom is 0.0700 e. The molecule has 78 valence electrons. The summed E-state index contributed by atoms with van der Waals surface area (Å²) in [6.07, 6.45) is 6.10. The summed E-state index contributed by atoms with van der Waals surface area (Å²) in [4.78, 5) is 0. The maximum atomic E-state index is 8.55. The smallest absolute Gasteiger partial charge is 0.0700 e. The summed E-state index contributed by atoms with van der Waals surface area (Å²) in [5, 5.41) is 11.9. The largest absolute Gasteiger partial charge is 0.396 e. The van der Waals surface area contributed by atoms with Crippen LogP contribution in [-0.2, 0) is 4.74 Å². The Morgan fingerprint density at radius 2 is 2.23 bits per heavy atom. The summed E-state index contributed by atoms with van der Waals surface area (Å²) < 4.78 is 5.48. The van der Waals surface area contributed by atoms with Gasteiger partial charge in [-0.25, -0.2) is 0 Å². The second kappa shape index (κ2) is 7.30. The SMILES string of the molecule is OCCCCCNCC1CCCO1. The van der Waals surface area contributed by atoms with Gasteiger partial charge in [0, 0.05) is 19.8 Å². The van der Waals surface area contributed by atoms with Crippen LogP contribution in [0.4, 0.5) is 0 Å². The number of aliphatic hydroxyl groups excluding tert-OH is 1. The van der Waals surface area contributed by atoms with Gasteiger partial charge < -0.3 is 15.2 Å². The molecule has 0 aromatic carbocycles. The molecule has 0 amide bonds. The first kappa shape index (κ1) is 11.0. The number of nitrogens with one attached hydrogen (secondary N) is 1. The molecule has 1 aliphatic heterocycles. The monoisotopic (exact) mass is 187 g/mol. The highest BCUT2D eigenvalue weighted by atomic mass is 16.5. The summed E-state index contributed by atoms with van der Waals surface area (Å²) in [6.45, 7) is 3.32. The minimum atomic E-state index is 0.325. The molecule has 2 N–H and O–H groups in total. The minimum Gasteiger partial charge on any atom is -0.396 e. The second-order valence-corrected chi connectivity index (χ2v) is 3.62. The van der Waals surface area contributed by atoms with Crippen LogP contribution in [0.1, 0.15) is 32.1 Å². The maximum absolute atomic E-state index is 8.55. The molecule has 1 fully saturated rings. The van der Waals surface area contributed by atoms with Crippen molar-refractivity contribution in [3.8, 4) is 0 Å². The van der Waals surface area contributed by atoms with Crippen molar-refractivity contribution >= 4 is 0 Å². The van der Waals surface area contributed by atoms with E-state index in [1.54, 1.807) is 0 Å². The van der Waals surface area contributed by atoms with E-state index in [1.165, 1.54) is 12.8 Å². The Morgan fingerprint density at radius 1 is 1.31 bits per heavy atom. The third-order valence-electron chi connectivity index (χ3n) is 2.41. The molecule has 1 heterocycles. The minimum absolute atomic E-state index is 0.325. The highest BCUT2D eigenvalue weighted by Gasteiger charge is 2.13. The van der Waals surface area contributed by atoms with Crippen LogP contribution >= 0.6 is 0 Å². The highest BCUT2D eigenvalue weighted by molar-refractivity contribution is 4.67. The molecule has 0 radical (unpaired) electrons. The zero-order valence-corrected chi connectivity index (χ0v) is 8.30. The van der Waals surface area contributed by atoms with Gasteiger partial charge in [0.2, 0.25) is 0 Å². The molecule has 3 nitrogen and oxygen atoms in total. The molecule has 1 aliphatic rings. The topological polar surface area (TPSA) is 41.5 Å². The highest BCUT2D eigenvalue weighted by Crippen LogP contribution is 2.10. The van der Waals surface area contributed by atoms with Crippen molar-refractivity contribution in [3.05, 3.63) is 0 Å². The van der Waals surface area contributed by atoms with Crippen molar-refractivity contribution in [2.45, 2.75) is 38.2 Å². The van der Waals surface area contributed by atoms with Crippen LogP contribution in [0.3, 0.4) is 0 Å². The fourth-order valence-corrected chi connectivity index (χ4v) is 1.61. The third kappa shape index (κ3) is 5.24. The molecular formula is C10H21NO2. The van der Waals surface area contributed by atoms with Crippen molar-refractivity contribution in [2.24, 2.45) is 0 Å². The van der Waals surface area contributed by atoms with Crippen molar-refractivity contribution < 1.29 is 9.84 Å². The standard InChI is InChI=1S/C10H21NO2/c12-7-3-1-2-6-11-9-10-5-4-8-13-10/h10-12H,1-9H2. The van der Waals surface area contributed by atoms with Gasteiger partial charge in [0.05, 0.1) is 6.10 Å². The molecule has 0 aromatic rings. The van der Waals surface area contributed by atoms with Crippen LogP contribution in [0, 0.1) is 0 Å². The number of hydrogen-bond donors (Lipinski definition) is 2. The summed E-state index contributed by atoms with van der Waals surface area (Å²) in [5.41, 5.74) is 0. The Labute approximate surface area is 80.5 Å². The third-order valence-corrected chi connectivity index (χ3v) is 2.41.